The molecule has 1 rings (SSSR count). The van der Waals surface area contributed by atoms with E-state index in [1.165, 1.54) is 0 Å². The number of nitrogens with one attached hydrogen (secondary N) is 1. The lowest BCUT2D eigenvalue weighted by Crippen LogP contribution is -2.51. The van der Waals surface area contributed by atoms with Gasteiger partial charge in [-0.3, -0.25) is 5.43 Å². The van der Waals surface area contributed by atoms with Crippen LogP contribution in [0.5, 0.6) is 0 Å². The second-order valence-electron chi connectivity index (χ2n) is 2.23. The number of nitrogens with zero attached hydrogens (tertiary/aromatic N) is 2. The molecular weight excluding hydrogens is 146 g/mol. The average molecular weight is 159 g/mol. The van der Waals surface area contributed by atoms with E-state index in [9.17, 15) is 0 Å². The molecule has 0 aromatic heterocycles. The Morgan fingerprint density at radius 3 is 2.64 bits per heavy atom. The Balaban J connectivity index is 2.24. The zero-order valence-electron chi connectivity index (χ0n) is 6.29. The van der Waals surface area contributed by atoms with E-state index in [2.05, 4.69) is 10.5 Å². The van der Waals surface area contributed by atoms with E-state index in [1.807, 2.05) is 5.01 Å². The van der Waals surface area contributed by atoms with E-state index in [1.54, 1.807) is 0 Å². The molecular formula is C5H13N5O. The lowest BCUT2D eigenvalue weighted by molar-refractivity contribution is 0.0246. The van der Waals surface area contributed by atoms with Gasteiger partial charge in [-0.1, -0.05) is 0 Å². The highest BCUT2D eigenvalue weighted by Gasteiger charge is 2.09. The molecule has 0 aromatic carbocycles. The summed E-state index contributed by atoms with van der Waals surface area (Å²) in [4.78, 5) is 0. The molecule has 1 aliphatic rings. The molecule has 0 aromatic rings. The van der Waals surface area contributed by atoms with Crippen LogP contribution in [0.2, 0.25) is 0 Å². The van der Waals surface area contributed by atoms with Crippen molar-refractivity contribution in [3.8, 4) is 0 Å². The van der Waals surface area contributed by atoms with E-state index in [4.69, 9.17) is 16.3 Å². The molecule has 64 valence electrons. The fourth-order valence-corrected chi connectivity index (χ4v) is 0.866. The monoisotopic (exact) mass is 159 g/mol. The molecule has 1 saturated heterocycles. The summed E-state index contributed by atoms with van der Waals surface area (Å²) in [5, 5.41) is 5.20. The van der Waals surface area contributed by atoms with Gasteiger partial charge in [0.2, 0.25) is 5.96 Å². The first-order valence-electron chi connectivity index (χ1n) is 3.45. The maximum absolute atomic E-state index is 5.34. The van der Waals surface area contributed by atoms with Crippen molar-refractivity contribution in [2.75, 3.05) is 26.3 Å². The Labute approximate surface area is 65.1 Å². The third kappa shape index (κ3) is 2.60. The molecule has 0 amide bonds. The number of guanidine groups is 1. The van der Waals surface area contributed by atoms with E-state index in [0.29, 0.717) is 13.2 Å². The number of rotatable bonds is 1. The number of hydrazone groups is 1. The fourth-order valence-electron chi connectivity index (χ4n) is 0.866. The van der Waals surface area contributed by atoms with Gasteiger partial charge in [-0.2, -0.15) is 0 Å². The third-order valence-electron chi connectivity index (χ3n) is 1.42. The number of hydrazine groups is 1. The zero-order valence-corrected chi connectivity index (χ0v) is 6.29. The number of morpholine rings is 1. The number of hydrogen-bond acceptors (Lipinski definition) is 4. The van der Waals surface area contributed by atoms with Crippen molar-refractivity contribution in [2.24, 2.45) is 16.7 Å². The summed E-state index contributed by atoms with van der Waals surface area (Å²) in [6.07, 6.45) is 0. The first-order chi connectivity index (χ1) is 5.33. The minimum absolute atomic E-state index is 0.229. The standard InChI is InChI=1S/C5H13N5O/c6-5(8-7)9-10-1-3-11-4-2-10/h1-4,7H2,(H3,6,8,9). The summed E-state index contributed by atoms with van der Waals surface area (Å²) in [6.45, 7) is 3.03. The van der Waals surface area contributed by atoms with E-state index in [-0.39, 0.29) is 5.96 Å². The Morgan fingerprint density at radius 2 is 2.09 bits per heavy atom. The molecule has 0 atom stereocenters. The lowest BCUT2D eigenvalue weighted by Gasteiger charge is -2.26. The number of hydrogen-bond donors (Lipinski definition) is 3. The van der Waals surface area contributed by atoms with Crippen LogP contribution in [0.25, 0.3) is 0 Å². The summed E-state index contributed by atoms with van der Waals surface area (Å²) in [6, 6.07) is 0. The van der Waals surface area contributed by atoms with Gasteiger partial charge in [0.25, 0.3) is 0 Å². The van der Waals surface area contributed by atoms with Gasteiger partial charge in [-0.15, -0.1) is 5.10 Å². The van der Waals surface area contributed by atoms with Crippen LogP contribution < -0.4 is 17.0 Å². The van der Waals surface area contributed by atoms with E-state index in [0.717, 1.165) is 13.1 Å². The largest absolute Gasteiger partial charge is 0.379 e. The maximum Gasteiger partial charge on any atom is 0.225 e. The van der Waals surface area contributed by atoms with Crippen LogP contribution in [-0.2, 0) is 4.74 Å². The summed E-state index contributed by atoms with van der Waals surface area (Å²) in [7, 11) is 0. The van der Waals surface area contributed by atoms with Crippen molar-refractivity contribution < 1.29 is 4.74 Å². The molecule has 1 heterocycles. The quantitative estimate of drug-likeness (QED) is 0.178. The molecule has 5 N–H and O–H groups in total. The normalized spacial score (nSPS) is 21.6. The Hall–Kier alpha value is -1.01. The average Bonchev–Trinajstić information content (AvgIpc) is 2.06. The second kappa shape index (κ2) is 3.99. The van der Waals surface area contributed by atoms with Crippen molar-refractivity contribution in [1.82, 2.24) is 10.4 Å². The lowest BCUT2D eigenvalue weighted by atomic mass is 10.5. The minimum atomic E-state index is 0.229. The highest BCUT2D eigenvalue weighted by atomic mass is 16.5. The Morgan fingerprint density at radius 1 is 1.45 bits per heavy atom. The first kappa shape index (κ1) is 8.09. The van der Waals surface area contributed by atoms with Gasteiger partial charge in [0.05, 0.1) is 13.2 Å². The first-order valence-corrected chi connectivity index (χ1v) is 3.45. The second-order valence-corrected chi connectivity index (χ2v) is 2.23. The summed E-state index contributed by atoms with van der Waals surface area (Å²) in [5.41, 5.74) is 8.16. The molecule has 1 aliphatic heterocycles. The summed E-state index contributed by atoms with van der Waals surface area (Å²) in [5.74, 6) is 5.16. The molecule has 0 spiro atoms. The van der Waals surface area contributed by atoms with Crippen molar-refractivity contribution in [2.45, 2.75) is 0 Å². The van der Waals surface area contributed by atoms with Crippen LogP contribution in [-0.4, -0.2) is 37.3 Å². The van der Waals surface area contributed by atoms with Gasteiger partial charge in [0.15, 0.2) is 0 Å². The molecule has 1 fully saturated rings. The van der Waals surface area contributed by atoms with Crippen LogP contribution in [0, 0.1) is 0 Å². The zero-order chi connectivity index (χ0) is 8.10. The van der Waals surface area contributed by atoms with Gasteiger partial charge in [-0.05, 0) is 0 Å². The SMILES string of the molecule is N/N=C(/N)NN1CCOCC1. The predicted octanol–water partition coefficient (Wildman–Crippen LogP) is -1.99. The van der Waals surface area contributed by atoms with Crippen LogP contribution in [0.15, 0.2) is 5.10 Å². The van der Waals surface area contributed by atoms with Crippen LogP contribution in [0.1, 0.15) is 0 Å². The minimum Gasteiger partial charge on any atom is -0.379 e. The topological polar surface area (TPSA) is 88.9 Å². The molecule has 0 unspecified atom stereocenters. The van der Waals surface area contributed by atoms with Crippen molar-refractivity contribution >= 4 is 5.96 Å². The molecule has 0 saturated carbocycles. The van der Waals surface area contributed by atoms with Crippen LogP contribution >= 0.6 is 0 Å². The van der Waals surface area contributed by atoms with Crippen LogP contribution in [0.4, 0.5) is 0 Å². The highest BCUT2D eigenvalue weighted by molar-refractivity contribution is 5.76. The summed E-state index contributed by atoms with van der Waals surface area (Å²) >= 11 is 0. The molecule has 11 heavy (non-hydrogen) atoms. The van der Waals surface area contributed by atoms with Crippen molar-refractivity contribution in [3.63, 3.8) is 0 Å². The third-order valence-corrected chi connectivity index (χ3v) is 1.42. The van der Waals surface area contributed by atoms with Gasteiger partial charge >= 0.3 is 0 Å². The Bertz CT molecular complexity index is 142. The Kier molecular flexibility index (Phi) is 2.94. The number of nitrogens with two attached hydrogens (primary N) is 2. The highest BCUT2D eigenvalue weighted by Crippen LogP contribution is 1.90. The van der Waals surface area contributed by atoms with Gasteiger partial charge in [0, 0.05) is 13.1 Å². The van der Waals surface area contributed by atoms with Crippen molar-refractivity contribution in [3.05, 3.63) is 0 Å². The smallest absolute Gasteiger partial charge is 0.225 e. The molecule has 0 aliphatic carbocycles. The van der Waals surface area contributed by atoms with Crippen molar-refractivity contribution in [1.29, 1.82) is 0 Å². The summed E-state index contributed by atoms with van der Waals surface area (Å²) < 4.78 is 5.12. The fraction of sp³-hybridized carbons (Fsp3) is 0.800. The molecule has 6 nitrogen and oxygen atoms in total. The molecule has 0 bridgehead atoms. The van der Waals surface area contributed by atoms with Gasteiger partial charge < -0.3 is 16.3 Å². The number of ether oxygens (including phenoxy) is 1. The van der Waals surface area contributed by atoms with Gasteiger partial charge in [0.1, 0.15) is 0 Å². The predicted molar refractivity (Wildman–Crippen MR) is 41.3 cm³/mol. The van der Waals surface area contributed by atoms with Crippen LogP contribution in [0.3, 0.4) is 0 Å². The van der Waals surface area contributed by atoms with E-state index < -0.39 is 0 Å². The van der Waals surface area contributed by atoms with Gasteiger partial charge in [-0.25, -0.2) is 5.01 Å². The molecule has 0 radical (unpaired) electrons. The maximum atomic E-state index is 5.34. The van der Waals surface area contributed by atoms with E-state index >= 15 is 0 Å². The molecule has 6 heteroatoms.